The van der Waals surface area contributed by atoms with Gasteiger partial charge in [0.05, 0.1) is 12.8 Å². The fraction of sp³-hybridized carbons (Fsp3) is 0.304. The third-order valence-electron chi connectivity index (χ3n) is 4.59. The highest BCUT2D eigenvalue weighted by Crippen LogP contribution is 2.26. The third-order valence-corrected chi connectivity index (χ3v) is 5.50. The first-order valence-corrected chi connectivity index (χ1v) is 10.6. The summed E-state index contributed by atoms with van der Waals surface area (Å²) in [6, 6.07) is 17.7. The Hall–Kier alpha value is -2.74. The number of aliphatic hydroxyl groups is 1. The van der Waals surface area contributed by atoms with Crippen LogP contribution >= 0.6 is 11.3 Å². The fourth-order valence-corrected chi connectivity index (χ4v) is 3.79. The number of benzene rings is 2. The van der Waals surface area contributed by atoms with Crippen molar-refractivity contribution < 1.29 is 19.4 Å². The number of ether oxygens (including phenoxy) is 2. The van der Waals surface area contributed by atoms with Gasteiger partial charge in [-0.25, -0.2) is 9.78 Å². The summed E-state index contributed by atoms with van der Waals surface area (Å²) in [6.45, 7) is 2.40. The molecule has 2 unspecified atom stereocenters. The number of hydrogen-bond donors (Lipinski definition) is 2. The molecule has 0 bridgehead atoms. The molecule has 7 heteroatoms. The van der Waals surface area contributed by atoms with Gasteiger partial charge in [0.2, 0.25) is 0 Å². The maximum Gasteiger partial charge on any atom is 0.343 e. The predicted octanol–water partition coefficient (Wildman–Crippen LogP) is 3.62. The van der Waals surface area contributed by atoms with Gasteiger partial charge in [-0.1, -0.05) is 42.5 Å². The molecule has 1 aromatic heterocycles. The Morgan fingerprint density at radius 1 is 1.17 bits per heavy atom. The van der Waals surface area contributed by atoms with Crippen molar-refractivity contribution >= 4 is 17.3 Å². The molecule has 0 aliphatic rings. The third kappa shape index (κ3) is 6.38. The van der Waals surface area contributed by atoms with Crippen LogP contribution in [0, 0.1) is 0 Å². The quantitative estimate of drug-likeness (QED) is 0.482. The van der Waals surface area contributed by atoms with Gasteiger partial charge in [-0.3, -0.25) is 0 Å². The molecule has 1 heterocycles. The topological polar surface area (TPSA) is 80.7 Å². The van der Waals surface area contributed by atoms with Crippen LogP contribution in [0.25, 0.3) is 10.6 Å². The summed E-state index contributed by atoms with van der Waals surface area (Å²) in [5, 5.41) is 16.7. The maximum absolute atomic E-state index is 11.1. The number of nitrogens with one attached hydrogen (secondary N) is 1. The first kappa shape index (κ1) is 22.0. The number of nitrogens with zero attached hydrogens (tertiary/aromatic N) is 1. The summed E-state index contributed by atoms with van der Waals surface area (Å²) >= 11 is 1.54. The van der Waals surface area contributed by atoms with Crippen LogP contribution in [-0.2, 0) is 16.0 Å². The number of rotatable bonds is 10. The smallest absolute Gasteiger partial charge is 0.343 e. The second-order valence-electron chi connectivity index (χ2n) is 6.98. The fourth-order valence-electron chi connectivity index (χ4n) is 2.92. The molecule has 0 spiro atoms. The number of aromatic nitrogens is 1. The second-order valence-corrected chi connectivity index (χ2v) is 7.84. The average Bonchev–Trinajstić information content (AvgIpc) is 3.28. The minimum Gasteiger partial charge on any atom is -0.482 e. The van der Waals surface area contributed by atoms with Gasteiger partial charge in [-0.2, -0.15) is 0 Å². The molecule has 0 saturated heterocycles. The molecular weight excluding hydrogens is 400 g/mol. The van der Waals surface area contributed by atoms with Crippen LogP contribution in [0.5, 0.6) is 5.75 Å². The summed E-state index contributed by atoms with van der Waals surface area (Å²) in [4.78, 5) is 15.7. The first-order valence-electron chi connectivity index (χ1n) is 9.76. The lowest BCUT2D eigenvalue weighted by Crippen LogP contribution is -2.32. The molecule has 0 fully saturated rings. The lowest BCUT2D eigenvalue weighted by atomic mass is 10.1. The summed E-state index contributed by atoms with van der Waals surface area (Å²) in [5.41, 5.74) is 2.88. The first-order chi connectivity index (χ1) is 14.5. The minimum atomic E-state index is -0.657. The van der Waals surface area contributed by atoms with E-state index in [0.717, 1.165) is 22.6 Å². The number of methoxy groups -OCH3 is 1. The van der Waals surface area contributed by atoms with Crippen LogP contribution in [0.1, 0.15) is 24.3 Å². The summed E-state index contributed by atoms with van der Waals surface area (Å²) in [5.74, 6) is 0.212. The molecule has 158 valence electrons. The lowest BCUT2D eigenvalue weighted by Gasteiger charge is -2.16. The Kier molecular flexibility index (Phi) is 7.96. The SMILES string of the molecule is COC(=O)COc1ccc(CC(C)NCC(O)c2csc(-c3ccccc3)n2)cc1. The molecule has 0 aliphatic carbocycles. The highest BCUT2D eigenvalue weighted by molar-refractivity contribution is 7.13. The van der Waals surface area contributed by atoms with Crippen LogP contribution in [0.2, 0.25) is 0 Å². The van der Waals surface area contributed by atoms with E-state index in [2.05, 4.69) is 22.0 Å². The van der Waals surface area contributed by atoms with Gasteiger partial charge in [-0.15, -0.1) is 11.3 Å². The Morgan fingerprint density at radius 2 is 1.90 bits per heavy atom. The minimum absolute atomic E-state index is 0.103. The molecule has 6 nitrogen and oxygen atoms in total. The zero-order valence-electron chi connectivity index (χ0n) is 17.1. The van der Waals surface area contributed by atoms with Gasteiger partial charge < -0.3 is 19.9 Å². The van der Waals surface area contributed by atoms with Crippen molar-refractivity contribution in [1.29, 1.82) is 0 Å². The zero-order chi connectivity index (χ0) is 21.3. The average molecular weight is 427 g/mol. The van der Waals surface area contributed by atoms with E-state index in [1.807, 2.05) is 60.0 Å². The summed E-state index contributed by atoms with van der Waals surface area (Å²) in [7, 11) is 1.33. The standard InChI is InChI=1S/C23H26N2O4S/c1-16(12-17-8-10-19(11-9-17)29-14-22(27)28-2)24-13-21(26)20-15-30-23(25-20)18-6-4-3-5-7-18/h3-11,15-16,21,24,26H,12-14H2,1-2H3. The number of carbonyl (C=O) groups is 1. The van der Waals surface area contributed by atoms with E-state index in [1.54, 1.807) is 0 Å². The van der Waals surface area contributed by atoms with Crippen molar-refractivity contribution in [1.82, 2.24) is 10.3 Å². The Balaban J connectivity index is 1.45. The van der Waals surface area contributed by atoms with Crippen molar-refractivity contribution in [2.75, 3.05) is 20.3 Å². The van der Waals surface area contributed by atoms with Gasteiger partial charge in [-0.05, 0) is 31.0 Å². The van der Waals surface area contributed by atoms with E-state index in [0.29, 0.717) is 18.0 Å². The van der Waals surface area contributed by atoms with Crippen molar-refractivity contribution in [2.24, 2.45) is 0 Å². The van der Waals surface area contributed by atoms with E-state index < -0.39 is 12.1 Å². The van der Waals surface area contributed by atoms with E-state index in [1.165, 1.54) is 18.4 Å². The summed E-state index contributed by atoms with van der Waals surface area (Å²) < 4.78 is 9.91. The van der Waals surface area contributed by atoms with Crippen LogP contribution in [0.3, 0.4) is 0 Å². The van der Waals surface area contributed by atoms with Crippen molar-refractivity contribution in [2.45, 2.75) is 25.5 Å². The number of esters is 1. The summed E-state index contributed by atoms with van der Waals surface area (Å²) in [6.07, 6.45) is 0.145. The highest BCUT2D eigenvalue weighted by atomic mass is 32.1. The lowest BCUT2D eigenvalue weighted by molar-refractivity contribution is -0.142. The van der Waals surface area contributed by atoms with Gasteiger partial charge in [0.25, 0.3) is 0 Å². The molecule has 2 atom stereocenters. The van der Waals surface area contributed by atoms with Gasteiger partial charge in [0.15, 0.2) is 6.61 Å². The van der Waals surface area contributed by atoms with Crippen LogP contribution in [0.4, 0.5) is 0 Å². The Morgan fingerprint density at radius 3 is 2.60 bits per heavy atom. The molecule has 3 rings (SSSR count). The normalized spacial score (nSPS) is 12.9. The number of carbonyl (C=O) groups excluding carboxylic acids is 1. The predicted molar refractivity (Wildman–Crippen MR) is 118 cm³/mol. The van der Waals surface area contributed by atoms with E-state index in [4.69, 9.17) is 4.74 Å². The number of aliphatic hydroxyl groups excluding tert-OH is 1. The van der Waals surface area contributed by atoms with Crippen molar-refractivity contribution in [3.05, 3.63) is 71.2 Å². The Bertz CT molecular complexity index is 928. The molecule has 30 heavy (non-hydrogen) atoms. The largest absolute Gasteiger partial charge is 0.482 e. The Labute approximate surface area is 180 Å². The van der Waals surface area contributed by atoms with Gasteiger partial charge in [0, 0.05) is 23.5 Å². The van der Waals surface area contributed by atoms with E-state index in [-0.39, 0.29) is 12.6 Å². The van der Waals surface area contributed by atoms with Crippen molar-refractivity contribution in [3.63, 3.8) is 0 Å². The number of hydrogen-bond acceptors (Lipinski definition) is 7. The molecule has 0 saturated carbocycles. The van der Waals surface area contributed by atoms with Crippen LogP contribution in [0.15, 0.2) is 60.0 Å². The highest BCUT2D eigenvalue weighted by Gasteiger charge is 2.14. The number of thiazole rings is 1. The molecule has 3 aromatic rings. The molecule has 2 aromatic carbocycles. The van der Waals surface area contributed by atoms with Gasteiger partial charge in [0.1, 0.15) is 16.9 Å². The molecule has 0 aliphatic heterocycles. The molecular formula is C23H26N2O4S. The van der Waals surface area contributed by atoms with E-state index >= 15 is 0 Å². The van der Waals surface area contributed by atoms with E-state index in [9.17, 15) is 9.90 Å². The van der Waals surface area contributed by atoms with Crippen molar-refractivity contribution in [3.8, 4) is 16.3 Å². The zero-order valence-corrected chi connectivity index (χ0v) is 17.9. The van der Waals surface area contributed by atoms with Crippen LogP contribution < -0.4 is 10.1 Å². The molecule has 2 N–H and O–H groups in total. The molecule has 0 radical (unpaired) electrons. The second kappa shape index (κ2) is 10.9. The maximum atomic E-state index is 11.1. The molecule has 0 amide bonds. The monoisotopic (exact) mass is 426 g/mol. The van der Waals surface area contributed by atoms with Crippen LogP contribution in [-0.4, -0.2) is 42.4 Å². The van der Waals surface area contributed by atoms with Gasteiger partial charge >= 0.3 is 5.97 Å².